The molecule has 0 aliphatic carbocycles. The molecule has 0 saturated carbocycles. The summed E-state index contributed by atoms with van der Waals surface area (Å²) >= 11 is 0. The third kappa shape index (κ3) is 3.12. The van der Waals surface area contributed by atoms with E-state index in [0.717, 1.165) is 0 Å². The molecule has 1 aromatic heterocycles. The quantitative estimate of drug-likeness (QED) is 0.818. The van der Waals surface area contributed by atoms with E-state index in [2.05, 4.69) is 0 Å². The van der Waals surface area contributed by atoms with E-state index >= 15 is 0 Å². The van der Waals surface area contributed by atoms with Crippen molar-refractivity contribution >= 4 is 11.8 Å². The van der Waals surface area contributed by atoms with Crippen LogP contribution in [0.1, 0.15) is 72.3 Å². The molecule has 2 saturated heterocycles. The number of anilines is 1. The number of nitrogen functional groups attached to an aromatic ring is 1. The van der Waals surface area contributed by atoms with Crippen molar-refractivity contribution in [3.8, 4) is 6.07 Å². The Kier molecular flexibility index (Phi) is 4.68. The van der Waals surface area contributed by atoms with Crippen molar-refractivity contribution < 1.29 is 23.4 Å². The van der Waals surface area contributed by atoms with Gasteiger partial charge in [0.1, 0.15) is 23.4 Å². The molecule has 4 atom stereocenters. The van der Waals surface area contributed by atoms with Gasteiger partial charge in [-0.05, 0) is 48.0 Å². The van der Waals surface area contributed by atoms with Crippen molar-refractivity contribution in [3.63, 3.8) is 0 Å². The third-order valence-corrected chi connectivity index (χ3v) is 5.25. The maximum absolute atomic E-state index is 13.2. The minimum Gasteiger partial charge on any atom is -0.451 e. The zero-order valence-corrected chi connectivity index (χ0v) is 17.5. The topological polar surface area (TPSA) is 111 Å². The number of rotatable bonds is 2. The van der Waals surface area contributed by atoms with E-state index in [-0.39, 0.29) is 23.6 Å². The van der Waals surface area contributed by atoms with Gasteiger partial charge in [-0.1, -0.05) is 6.92 Å². The monoisotopic (exact) mass is 391 g/mol. The molecule has 2 fully saturated rings. The van der Waals surface area contributed by atoms with Crippen LogP contribution >= 0.6 is 0 Å². The Morgan fingerprint density at radius 3 is 2.54 bits per heavy atom. The highest BCUT2D eigenvalue weighted by Gasteiger charge is 2.67. The molecule has 0 unspecified atom stereocenters. The second kappa shape index (κ2) is 6.39. The van der Waals surface area contributed by atoms with Crippen molar-refractivity contribution in [2.45, 2.75) is 90.1 Å². The van der Waals surface area contributed by atoms with Crippen molar-refractivity contribution in [1.82, 2.24) is 4.90 Å². The minimum atomic E-state index is -0.883. The fraction of sp³-hybridized carbons (Fsp3) is 0.700. The first kappa shape index (κ1) is 20.5. The normalized spacial score (nSPS) is 31.5. The molecule has 0 aromatic carbocycles. The summed E-state index contributed by atoms with van der Waals surface area (Å²) < 4.78 is 23.5. The summed E-state index contributed by atoms with van der Waals surface area (Å²) in [4.78, 5) is 14.8. The third-order valence-electron chi connectivity index (χ3n) is 5.25. The van der Waals surface area contributed by atoms with Crippen LogP contribution in [-0.2, 0) is 14.2 Å². The average molecular weight is 391 g/mol. The molecule has 8 nitrogen and oxygen atoms in total. The second-order valence-electron chi connectivity index (χ2n) is 9.04. The summed E-state index contributed by atoms with van der Waals surface area (Å²) in [5.74, 6) is -0.806. The van der Waals surface area contributed by atoms with Gasteiger partial charge >= 0.3 is 6.09 Å². The summed E-state index contributed by atoms with van der Waals surface area (Å²) in [5, 5.41) is 9.25. The van der Waals surface area contributed by atoms with Gasteiger partial charge < -0.3 is 24.4 Å². The molecule has 3 heterocycles. The van der Waals surface area contributed by atoms with Crippen LogP contribution in [0.3, 0.4) is 0 Å². The van der Waals surface area contributed by atoms with Gasteiger partial charge in [0.2, 0.25) is 5.76 Å². The first-order valence-corrected chi connectivity index (χ1v) is 9.51. The Balaban J connectivity index is 2.15. The number of fused-ring (bicyclic) bond motifs is 1. The second-order valence-corrected chi connectivity index (χ2v) is 9.04. The highest BCUT2D eigenvalue weighted by Crippen LogP contribution is 2.56. The summed E-state index contributed by atoms with van der Waals surface area (Å²) in [6.07, 6.45) is 1.19. The van der Waals surface area contributed by atoms with Crippen LogP contribution in [0.15, 0.2) is 10.7 Å². The maximum Gasteiger partial charge on any atom is 0.411 e. The fourth-order valence-electron chi connectivity index (χ4n) is 4.42. The minimum absolute atomic E-state index is 0.0115. The molecule has 1 aromatic rings. The number of nitrogens with zero attached hydrogens (tertiary/aromatic N) is 2. The molecule has 154 valence electrons. The molecular formula is C20H29N3O5. The van der Waals surface area contributed by atoms with E-state index in [1.807, 2.05) is 54.5 Å². The number of hydrogen-bond acceptors (Lipinski definition) is 7. The van der Waals surface area contributed by atoms with Gasteiger partial charge in [-0.15, -0.1) is 0 Å². The van der Waals surface area contributed by atoms with Crippen LogP contribution in [0, 0.1) is 11.3 Å². The SMILES string of the molecule is CC[C@@H]1[C@H]2OC(C)(C)O[C@@]2(C)[C@H](c2coc(C#N)c2N)N1C(=O)OC(C)(C)C. The van der Waals surface area contributed by atoms with Gasteiger partial charge in [0, 0.05) is 5.56 Å². The Hall–Kier alpha value is -2.24. The van der Waals surface area contributed by atoms with Gasteiger partial charge in [0.15, 0.2) is 5.79 Å². The van der Waals surface area contributed by atoms with Crippen molar-refractivity contribution in [1.29, 1.82) is 5.26 Å². The number of likely N-dealkylation sites (tertiary alicyclic amines) is 1. The van der Waals surface area contributed by atoms with Gasteiger partial charge in [0.25, 0.3) is 0 Å². The number of carbonyl (C=O) groups is 1. The van der Waals surface area contributed by atoms with E-state index in [0.29, 0.717) is 12.0 Å². The number of amides is 1. The van der Waals surface area contributed by atoms with E-state index < -0.39 is 29.1 Å². The molecule has 2 N–H and O–H groups in total. The molecule has 28 heavy (non-hydrogen) atoms. The largest absolute Gasteiger partial charge is 0.451 e. The summed E-state index contributed by atoms with van der Waals surface area (Å²) in [7, 11) is 0. The number of carbonyl (C=O) groups excluding carboxylic acids is 1. The number of nitrogens with two attached hydrogens (primary N) is 1. The van der Waals surface area contributed by atoms with Crippen LogP contribution in [0.5, 0.6) is 0 Å². The van der Waals surface area contributed by atoms with Crippen LogP contribution in [0.2, 0.25) is 0 Å². The van der Waals surface area contributed by atoms with Gasteiger partial charge in [-0.2, -0.15) is 5.26 Å². The molecule has 3 rings (SSSR count). The summed E-state index contributed by atoms with van der Waals surface area (Å²) in [6, 6.07) is 1.03. The highest BCUT2D eigenvalue weighted by molar-refractivity contribution is 5.72. The van der Waals surface area contributed by atoms with Gasteiger partial charge in [0.05, 0.1) is 24.0 Å². The lowest BCUT2D eigenvalue weighted by Crippen LogP contribution is -2.45. The molecule has 0 spiro atoms. The lowest BCUT2D eigenvalue weighted by atomic mass is 9.88. The fourth-order valence-corrected chi connectivity index (χ4v) is 4.42. The molecule has 8 heteroatoms. The highest BCUT2D eigenvalue weighted by atomic mass is 16.8. The molecule has 2 aliphatic rings. The molecule has 2 aliphatic heterocycles. The first-order valence-electron chi connectivity index (χ1n) is 9.51. The van der Waals surface area contributed by atoms with E-state index in [1.54, 1.807) is 4.90 Å². The lowest BCUT2D eigenvalue weighted by molar-refractivity contribution is -0.182. The van der Waals surface area contributed by atoms with Gasteiger partial charge in [-0.25, -0.2) is 4.79 Å². The average Bonchev–Trinajstić information content (AvgIpc) is 3.09. The van der Waals surface area contributed by atoms with E-state index in [9.17, 15) is 10.1 Å². The first-order chi connectivity index (χ1) is 12.8. The summed E-state index contributed by atoms with van der Waals surface area (Å²) in [5.41, 5.74) is 5.36. The number of furan rings is 1. The molecule has 0 radical (unpaired) electrons. The molecule has 1 amide bonds. The molecule has 0 bridgehead atoms. The van der Waals surface area contributed by atoms with Gasteiger partial charge in [-0.3, -0.25) is 4.90 Å². The predicted octanol–water partition coefficient (Wildman–Crippen LogP) is 3.71. The number of hydrogen-bond donors (Lipinski definition) is 1. The summed E-state index contributed by atoms with van der Waals surface area (Å²) in [6.45, 7) is 13.0. The van der Waals surface area contributed by atoms with Crippen LogP contribution in [0.25, 0.3) is 0 Å². The van der Waals surface area contributed by atoms with Crippen molar-refractivity contribution in [2.24, 2.45) is 0 Å². The maximum atomic E-state index is 13.2. The number of nitriles is 1. The zero-order valence-electron chi connectivity index (χ0n) is 17.5. The van der Waals surface area contributed by atoms with Crippen molar-refractivity contribution in [2.75, 3.05) is 5.73 Å². The van der Waals surface area contributed by atoms with Crippen molar-refractivity contribution in [3.05, 3.63) is 17.6 Å². The predicted molar refractivity (Wildman–Crippen MR) is 101 cm³/mol. The van der Waals surface area contributed by atoms with Crippen LogP contribution in [0.4, 0.5) is 10.5 Å². The number of ether oxygens (including phenoxy) is 3. The molecular weight excluding hydrogens is 362 g/mol. The zero-order chi connectivity index (χ0) is 21.1. The Morgan fingerprint density at radius 1 is 1.39 bits per heavy atom. The van der Waals surface area contributed by atoms with Crippen LogP contribution < -0.4 is 5.73 Å². The Morgan fingerprint density at radius 2 is 2.04 bits per heavy atom. The smallest absolute Gasteiger partial charge is 0.411 e. The Bertz CT molecular complexity index is 819. The van der Waals surface area contributed by atoms with E-state index in [4.69, 9.17) is 24.4 Å². The lowest BCUT2D eigenvalue weighted by Gasteiger charge is -2.37. The Labute approximate surface area is 165 Å². The van der Waals surface area contributed by atoms with Crippen LogP contribution in [-0.4, -0.2) is 40.1 Å². The van der Waals surface area contributed by atoms with E-state index in [1.165, 1.54) is 6.26 Å². The standard InChI is InChI=1S/C20H29N3O5/c1-8-12-16-20(7,28-19(5,6)26-16)15(11-10-25-13(9-21)14(11)22)23(12)17(24)27-18(2,3)4/h10,12,15-16H,8,22H2,1-7H3/t12-,15+,16-,20+/m1/s1.